The van der Waals surface area contributed by atoms with Gasteiger partial charge in [0.15, 0.2) is 0 Å². The maximum absolute atomic E-state index is 14.5. The molecule has 42 heavy (non-hydrogen) atoms. The zero-order valence-electron chi connectivity index (χ0n) is 23.0. The highest BCUT2D eigenvalue weighted by Gasteiger charge is 2.45. The first-order valence-electron chi connectivity index (χ1n) is 13.6. The third-order valence-corrected chi connectivity index (χ3v) is 7.87. The maximum atomic E-state index is 14.5. The van der Waals surface area contributed by atoms with Crippen molar-refractivity contribution in [1.82, 2.24) is 14.7 Å². The number of ether oxygens (including phenoxy) is 1. The SMILES string of the molecule is CCOc1cc(C#N)ccc1C1=N[C@@H](c2ccc(Cl)cc2)[C@@H](c2ccc(Cl)cc2)N1C(=O)N1CCN(CC(N)=O)CC1. The Morgan fingerprint density at radius 1 is 0.976 bits per heavy atom. The topological polar surface area (TPSA) is 115 Å². The molecule has 2 heterocycles. The fourth-order valence-corrected chi connectivity index (χ4v) is 5.63. The lowest BCUT2D eigenvalue weighted by molar-refractivity contribution is -0.119. The number of rotatable bonds is 7. The molecule has 0 unspecified atom stereocenters. The molecule has 3 amide bonds. The minimum Gasteiger partial charge on any atom is -0.493 e. The number of amidine groups is 1. The molecule has 2 aliphatic heterocycles. The van der Waals surface area contributed by atoms with Gasteiger partial charge in [0.2, 0.25) is 5.91 Å². The Morgan fingerprint density at radius 2 is 1.60 bits per heavy atom. The Labute approximate surface area is 254 Å². The van der Waals surface area contributed by atoms with Crippen molar-refractivity contribution >= 4 is 41.0 Å². The van der Waals surface area contributed by atoms with Gasteiger partial charge in [0.05, 0.1) is 36.4 Å². The fourth-order valence-electron chi connectivity index (χ4n) is 5.38. The monoisotopic (exact) mass is 604 g/mol. The van der Waals surface area contributed by atoms with Crippen LogP contribution in [0.2, 0.25) is 10.0 Å². The number of primary amides is 1. The Morgan fingerprint density at radius 3 is 2.17 bits per heavy atom. The van der Waals surface area contributed by atoms with Gasteiger partial charge in [0, 0.05) is 36.2 Å². The van der Waals surface area contributed by atoms with Gasteiger partial charge in [-0.1, -0.05) is 47.5 Å². The summed E-state index contributed by atoms with van der Waals surface area (Å²) < 4.78 is 5.96. The molecule has 3 aromatic rings. The summed E-state index contributed by atoms with van der Waals surface area (Å²) in [6.07, 6.45) is 0. The largest absolute Gasteiger partial charge is 0.493 e. The molecule has 11 heteroatoms. The summed E-state index contributed by atoms with van der Waals surface area (Å²) in [6.45, 7) is 4.24. The molecule has 0 spiro atoms. The molecule has 3 aromatic carbocycles. The second kappa shape index (κ2) is 12.8. The molecule has 0 aromatic heterocycles. The van der Waals surface area contributed by atoms with Crippen molar-refractivity contribution in [3.8, 4) is 11.8 Å². The summed E-state index contributed by atoms with van der Waals surface area (Å²) in [7, 11) is 0. The second-order valence-corrected chi connectivity index (χ2v) is 11.0. The fraction of sp³-hybridized carbons (Fsp3) is 0.290. The Bertz CT molecular complexity index is 1530. The Balaban J connectivity index is 1.63. The molecular weight excluding hydrogens is 575 g/mol. The average Bonchev–Trinajstić information content (AvgIpc) is 3.38. The molecule has 1 saturated heterocycles. The minimum atomic E-state index is -0.514. The van der Waals surface area contributed by atoms with E-state index < -0.39 is 18.0 Å². The van der Waals surface area contributed by atoms with Crippen molar-refractivity contribution in [3.05, 3.63) is 99.0 Å². The van der Waals surface area contributed by atoms with Crippen LogP contribution in [0.4, 0.5) is 4.79 Å². The number of carbonyl (C=O) groups is 2. The normalized spacial score (nSPS) is 18.9. The van der Waals surface area contributed by atoms with E-state index in [1.54, 1.807) is 52.3 Å². The van der Waals surface area contributed by atoms with E-state index in [2.05, 4.69) is 6.07 Å². The highest BCUT2D eigenvalue weighted by atomic mass is 35.5. The van der Waals surface area contributed by atoms with Gasteiger partial charge < -0.3 is 15.4 Å². The smallest absolute Gasteiger partial charge is 0.326 e. The molecule has 1 fully saturated rings. The number of hydrogen-bond donors (Lipinski definition) is 1. The number of nitrogens with two attached hydrogens (primary N) is 1. The number of aliphatic imine (C=N–C) groups is 1. The zero-order valence-corrected chi connectivity index (χ0v) is 24.6. The molecule has 216 valence electrons. The van der Waals surface area contributed by atoms with Gasteiger partial charge in [-0.05, 0) is 60.5 Å². The van der Waals surface area contributed by atoms with Crippen LogP contribution < -0.4 is 10.5 Å². The van der Waals surface area contributed by atoms with Crippen molar-refractivity contribution in [2.75, 3.05) is 39.3 Å². The predicted octanol–water partition coefficient (Wildman–Crippen LogP) is 5.03. The van der Waals surface area contributed by atoms with Gasteiger partial charge >= 0.3 is 6.03 Å². The number of benzene rings is 3. The summed E-state index contributed by atoms with van der Waals surface area (Å²) in [6, 6.07) is 20.9. The number of amides is 3. The molecule has 0 radical (unpaired) electrons. The molecule has 0 bridgehead atoms. The van der Waals surface area contributed by atoms with Crippen LogP contribution in [0.1, 0.15) is 41.3 Å². The maximum Gasteiger partial charge on any atom is 0.326 e. The predicted molar refractivity (Wildman–Crippen MR) is 162 cm³/mol. The van der Waals surface area contributed by atoms with E-state index in [1.165, 1.54) is 0 Å². The van der Waals surface area contributed by atoms with Gasteiger partial charge in [-0.2, -0.15) is 5.26 Å². The van der Waals surface area contributed by atoms with E-state index in [4.69, 9.17) is 38.7 Å². The van der Waals surface area contributed by atoms with Gasteiger partial charge in [0.25, 0.3) is 0 Å². The molecule has 9 nitrogen and oxygen atoms in total. The highest BCUT2D eigenvalue weighted by molar-refractivity contribution is 6.30. The number of nitrogens with zero attached hydrogens (tertiary/aromatic N) is 5. The van der Waals surface area contributed by atoms with Crippen LogP contribution in [0.25, 0.3) is 0 Å². The third kappa shape index (κ3) is 6.21. The lowest BCUT2D eigenvalue weighted by Crippen LogP contribution is -2.55. The van der Waals surface area contributed by atoms with Gasteiger partial charge in [-0.3, -0.25) is 19.6 Å². The van der Waals surface area contributed by atoms with Crippen LogP contribution in [0.5, 0.6) is 5.75 Å². The Kier molecular flexibility index (Phi) is 8.97. The first-order chi connectivity index (χ1) is 20.3. The average molecular weight is 606 g/mol. The number of halogens is 2. The van der Waals surface area contributed by atoms with Gasteiger partial charge in [0.1, 0.15) is 17.6 Å². The van der Waals surface area contributed by atoms with E-state index in [-0.39, 0.29) is 12.6 Å². The van der Waals surface area contributed by atoms with Crippen LogP contribution in [0.3, 0.4) is 0 Å². The summed E-state index contributed by atoms with van der Waals surface area (Å²) in [5.74, 6) is 0.500. The standard InChI is InChI=1S/C31H30Cl2N6O3/c1-2-42-26-17-20(18-34)3-12-25(26)30-36-28(21-4-8-23(32)9-5-21)29(22-6-10-24(33)11-7-22)39(30)31(41)38-15-13-37(14-16-38)19-27(35)40/h3-12,17,28-29H,2,13-16,19H2,1H3,(H2,35,40)/t28-,29+/m0/s1. The van der Waals surface area contributed by atoms with E-state index in [1.807, 2.05) is 36.1 Å². The van der Waals surface area contributed by atoms with Gasteiger partial charge in [-0.25, -0.2) is 4.79 Å². The summed E-state index contributed by atoms with van der Waals surface area (Å²) in [5.41, 5.74) is 8.17. The third-order valence-electron chi connectivity index (χ3n) is 7.37. The minimum absolute atomic E-state index is 0.146. The van der Waals surface area contributed by atoms with Crippen LogP contribution in [-0.2, 0) is 4.79 Å². The van der Waals surface area contributed by atoms with E-state index in [0.29, 0.717) is 65.5 Å². The molecule has 2 N–H and O–H groups in total. The molecule has 0 aliphatic carbocycles. The van der Waals surface area contributed by atoms with Crippen LogP contribution in [-0.4, -0.2) is 71.8 Å². The van der Waals surface area contributed by atoms with Crippen molar-refractivity contribution in [3.63, 3.8) is 0 Å². The molecular formula is C31H30Cl2N6O3. The van der Waals surface area contributed by atoms with Crippen molar-refractivity contribution in [2.24, 2.45) is 10.7 Å². The van der Waals surface area contributed by atoms with Crippen LogP contribution >= 0.6 is 23.2 Å². The number of nitriles is 1. The van der Waals surface area contributed by atoms with E-state index in [9.17, 15) is 14.9 Å². The number of urea groups is 1. The zero-order chi connectivity index (χ0) is 29.8. The van der Waals surface area contributed by atoms with Gasteiger partial charge in [-0.15, -0.1) is 0 Å². The quantitative estimate of drug-likeness (QED) is 0.406. The first kappa shape index (κ1) is 29.4. The molecule has 5 rings (SSSR count). The molecule has 0 saturated carbocycles. The lowest BCUT2D eigenvalue weighted by atomic mass is 9.93. The highest BCUT2D eigenvalue weighted by Crippen LogP contribution is 2.45. The summed E-state index contributed by atoms with van der Waals surface area (Å²) in [5, 5.41) is 10.7. The first-order valence-corrected chi connectivity index (χ1v) is 14.4. The number of hydrogen-bond acceptors (Lipinski definition) is 6. The Hall–Kier alpha value is -4.10. The summed E-state index contributed by atoms with van der Waals surface area (Å²) in [4.78, 5) is 36.6. The van der Waals surface area contributed by atoms with E-state index >= 15 is 0 Å². The summed E-state index contributed by atoms with van der Waals surface area (Å²) >= 11 is 12.5. The number of carbonyl (C=O) groups excluding carboxylic acids is 2. The lowest BCUT2D eigenvalue weighted by Gasteiger charge is -2.38. The molecule has 2 atom stereocenters. The van der Waals surface area contributed by atoms with Crippen LogP contribution in [0.15, 0.2) is 71.7 Å². The van der Waals surface area contributed by atoms with Crippen molar-refractivity contribution < 1.29 is 14.3 Å². The van der Waals surface area contributed by atoms with Crippen LogP contribution in [0, 0.1) is 11.3 Å². The number of piperazine rings is 1. The van der Waals surface area contributed by atoms with Crippen molar-refractivity contribution in [2.45, 2.75) is 19.0 Å². The second-order valence-electron chi connectivity index (χ2n) is 10.1. The van der Waals surface area contributed by atoms with E-state index in [0.717, 1.165) is 11.1 Å². The van der Waals surface area contributed by atoms with Crippen molar-refractivity contribution in [1.29, 1.82) is 5.26 Å². The molecule has 2 aliphatic rings.